The van der Waals surface area contributed by atoms with E-state index in [1.807, 2.05) is 0 Å². The van der Waals surface area contributed by atoms with E-state index in [0.29, 0.717) is 13.0 Å². The molecule has 1 unspecified atom stereocenters. The second-order valence-corrected chi connectivity index (χ2v) is 4.87. The van der Waals surface area contributed by atoms with E-state index in [9.17, 15) is 14.4 Å². The summed E-state index contributed by atoms with van der Waals surface area (Å²) in [5.74, 6) is -2.20. The van der Waals surface area contributed by atoms with Crippen LogP contribution in [0.2, 0.25) is 0 Å². The van der Waals surface area contributed by atoms with Gasteiger partial charge in [-0.25, -0.2) is 4.79 Å². The number of carbonyl (C=O) groups excluding carboxylic acids is 2. The van der Waals surface area contributed by atoms with Gasteiger partial charge in [-0.15, -0.1) is 11.6 Å². The zero-order chi connectivity index (χ0) is 13.9. The van der Waals surface area contributed by atoms with Crippen LogP contribution in [0.5, 0.6) is 0 Å². The average Bonchev–Trinajstić information content (AvgIpc) is 2.61. The van der Waals surface area contributed by atoms with E-state index >= 15 is 0 Å². The van der Waals surface area contributed by atoms with Crippen LogP contribution in [-0.4, -0.2) is 52.3 Å². The smallest absolute Gasteiger partial charge is 0.326 e. The molecule has 0 bridgehead atoms. The van der Waals surface area contributed by atoms with Crippen LogP contribution >= 0.6 is 11.6 Å². The molecule has 0 spiro atoms. The fourth-order valence-corrected chi connectivity index (χ4v) is 2.20. The summed E-state index contributed by atoms with van der Waals surface area (Å²) in [5.41, 5.74) is 0. The molecule has 1 aliphatic heterocycles. The lowest BCUT2D eigenvalue weighted by Gasteiger charge is -2.27. The Bertz CT molecular complexity index is 359. The second-order valence-electron chi connectivity index (χ2n) is 4.60. The quantitative estimate of drug-likeness (QED) is 0.695. The van der Waals surface area contributed by atoms with Crippen LogP contribution in [0.15, 0.2) is 0 Å². The van der Waals surface area contributed by atoms with Gasteiger partial charge in [-0.1, -0.05) is 13.8 Å². The summed E-state index contributed by atoms with van der Waals surface area (Å²) in [6, 6.07) is -1.51. The normalized spacial score (nSPS) is 21.2. The maximum atomic E-state index is 12.0. The Hall–Kier alpha value is -1.30. The van der Waals surface area contributed by atoms with E-state index in [2.05, 4.69) is 5.32 Å². The molecule has 1 aliphatic rings. The zero-order valence-corrected chi connectivity index (χ0v) is 11.1. The number of carbonyl (C=O) groups is 3. The molecule has 0 saturated carbocycles. The van der Waals surface area contributed by atoms with Crippen molar-refractivity contribution < 1.29 is 19.5 Å². The van der Waals surface area contributed by atoms with Crippen LogP contribution in [0, 0.1) is 5.92 Å². The molecule has 102 valence electrons. The standard InChI is InChI=1S/C11H17ClN2O4/c1-6(2)9(11(17)18)14-4-3-7(10(14)16)13-8(15)5-12/h6-7,9H,3-5H2,1-2H3,(H,13,15)(H,17,18)/t7-,9?/m1/s1. The SMILES string of the molecule is CC(C)C(C(=O)O)N1CC[C@@H](NC(=O)CCl)C1=O. The highest BCUT2D eigenvalue weighted by Gasteiger charge is 2.40. The lowest BCUT2D eigenvalue weighted by molar-refractivity contribution is -0.150. The van der Waals surface area contributed by atoms with Crippen molar-refractivity contribution in [3.05, 3.63) is 0 Å². The summed E-state index contributed by atoms with van der Waals surface area (Å²) in [6.45, 7) is 3.83. The molecule has 0 aliphatic carbocycles. The van der Waals surface area contributed by atoms with E-state index in [4.69, 9.17) is 16.7 Å². The van der Waals surface area contributed by atoms with Crippen molar-refractivity contribution in [2.45, 2.75) is 32.4 Å². The van der Waals surface area contributed by atoms with E-state index < -0.39 is 24.0 Å². The topological polar surface area (TPSA) is 86.7 Å². The van der Waals surface area contributed by atoms with E-state index in [0.717, 1.165) is 0 Å². The minimum Gasteiger partial charge on any atom is -0.480 e. The Kier molecular flexibility index (Phi) is 4.95. The van der Waals surface area contributed by atoms with Gasteiger partial charge in [-0.05, 0) is 12.3 Å². The van der Waals surface area contributed by atoms with E-state index in [1.54, 1.807) is 13.8 Å². The Morgan fingerprint density at radius 2 is 2.17 bits per heavy atom. The first-order chi connectivity index (χ1) is 8.38. The molecule has 18 heavy (non-hydrogen) atoms. The predicted octanol–water partition coefficient (Wildman–Crippen LogP) is 0.0515. The molecule has 6 nitrogen and oxygen atoms in total. The summed E-state index contributed by atoms with van der Waals surface area (Å²) >= 11 is 5.35. The van der Waals surface area contributed by atoms with Crippen LogP contribution < -0.4 is 5.32 Å². The molecule has 7 heteroatoms. The van der Waals surface area contributed by atoms with Gasteiger partial charge in [0, 0.05) is 6.54 Å². The van der Waals surface area contributed by atoms with Crippen molar-refractivity contribution in [3.8, 4) is 0 Å². The number of hydrogen-bond acceptors (Lipinski definition) is 3. The summed E-state index contributed by atoms with van der Waals surface area (Å²) in [4.78, 5) is 35.6. The second kappa shape index (κ2) is 6.04. The molecule has 1 fully saturated rings. The lowest BCUT2D eigenvalue weighted by atomic mass is 10.0. The summed E-state index contributed by atoms with van der Waals surface area (Å²) in [5, 5.41) is 11.6. The molecule has 2 N–H and O–H groups in total. The Morgan fingerprint density at radius 1 is 1.56 bits per heavy atom. The molecular formula is C11H17ClN2O4. The van der Waals surface area contributed by atoms with E-state index in [-0.39, 0.29) is 17.7 Å². The van der Waals surface area contributed by atoms with E-state index in [1.165, 1.54) is 4.90 Å². The molecule has 0 aromatic rings. The lowest BCUT2D eigenvalue weighted by Crippen LogP contribution is -2.49. The predicted molar refractivity (Wildman–Crippen MR) is 65.2 cm³/mol. The number of amides is 2. The van der Waals surface area contributed by atoms with Crippen molar-refractivity contribution >= 4 is 29.4 Å². The van der Waals surface area contributed by atoms with Gasteiger partial charge in [0.15, 0.2) is 0 Å². The molecule has 0 radical (unpaired) electrons. The number of carboxylic acids is 1. The van der Waals surface area contributed by atoms with Gasteiger partial charge in [0.05, 0.1) is 0 Å². The maximum Gasteiger partial charge on any atom is 0.326 e. The van der Waals surface area contributed by atoms with Crippen molar-refractivity contribution in [2.24, 2.45) is 5.92 Å². The highest BCUT2D eigenvalue weighted by atomic mass is 35.5. The summed E-state index contributed by atoms with van der Waals surface area (Å²) < 4.78 is 0. The molecule has 1 rings (SSSR count). The fourth-order valence-electron chi connectivity index (χ4n) is 2.12. The molecule has 0 aromatic carbocycles. The van der Waals surface area contributed by atoms with Gasteiger partial charge in [-0.2, -0.15) is 0 Å². The summed E-state index contributed by atoms with van der Waals surface area (Å²) in [7, 11) is 0. The van der Waals surface area contributed by atoms with Crippen LogP contribution in [-0.2, 0) is 14.4 Å². The third kappa shape index (κ3) is 3.13. The van der Waals surface area contributed by atoms with Crippen molar-refractivity contribution in [1.82, 2.24) is 10.2 Å². The third-order valence-corrected chi connectivity index (χ3v) is 3.16. The van der Waals surface area contributed by atoms with Crippen LogP contribution in [0.25, 0.3) is 0 Å². The number of nitrogens with one attached hydrogen (secondary N) is 1. The van der Waals surface area contributed by atoms with Gasteiger partial charge in [0.2, 0.25) is 11.8 Å². The Morgan fingerprint density at radius 3 is 2.61 bits per heavy atom. The number of halogens is 1. The van der Waals surface area contributed by atoms with Crippen LogP contribution in [0.3, 0.4) is 0 Å². The number of rotatable bonds is 5. The first-order valence-electron chi connectivity index (χ1n) is 5.77. The number of likely N-dealkylation sites (tertiary alicyclic amines) is 1. The zero-order valence-electron chi connectivity index (χ0n) is 10.4. The largest absolute Gasteiger partial charge is 0.480 e. The number of hydrogen-bond donors (Lipinski definition) is 2. The highest BCUT2D eigenvalue weighted by Crippen LogP contribution is 2.19. The monoisotopic (exact) mass is 276 g/mol. The third-order valence-electron chi connectivity index (χ3n) is 2.92. The molecule has 1 heterocycles. The van der Waals surface area contributed by atoms with Gasteiger partial charge in [0.1, 0.15) is 18.0 Å². The minimum atomic E-state index is -1.03. The minimum absolute atomic E-state index is 0.186. The first kappa shape index (κ1) is 14.8. The summed E-state index contributed by atoms with van der Waals surface area (Å²) in [6.07, 6.45) is 0.415. The van der Waals surface area contributed by atoms with Crippen molar-refractivity contribution in [1.29, 1.82) is 0 Å². The number of aliphatic carboxylic acids is 1. The highest BCUT2D eigenvalue weighted by molar-refractivity contribution is 6.27. The molecule has 0 aromatic heterocycles. The molecule has 2 amide bonds. The number of alkyl halides is 1. The number of nitrogens with zero attached hydrogens (tertiary/aromatic N) is 1. The Balaban J connectivity index is 2.74. The van der Waals surface area contributed by atoms with Gasteiger partial charge in [0.25, 0.3) is 0 Å². The maximum absolute atomic E-state index is 12.0. The van der Waals surface area contributed by atoms with Crippen LogP contribution in [0.4, 0.5) is 0 Å². The van der Waals surface area contributed by atoms with Crippen molar-refractivity contribution in [2.75, 3.05) is 12.4 Å². The molecular weight excluding hydrogens is 260 g/mol. The average molecular weight is 277 g/mol. The fraction of sp³-hybridized carbons (Fsp3) is 0.727. The van der Waals surface area contributed by atoms with Crippen LogP contribution in [0.1, 0.15) is 20.3 Å². The van der Waals surface area contributed by atoms with Gasteiger partial charge < -0.3 is 15.3 Å². The Labute approximate surface area is 110 Å². The number of carboxylic acid groups (broad SMARTS) is 1. The van der Waals surface area contributed by atoms with Gasteiger partial charge in [-0.3, -0.25) is 9.59 Å². The molecule has 1 saturated heterocycles. The van der Waals surface area contributed by atoms with Crippen molar-refractivity contribution in [3.63, 3.8) is 0 Å². The van der Waals surface area contributed by atoms with Gasteiger partial charge >= 0.3 is 5.97 Å². The molecule has 2 atom stereocenters. The first-order valence-corrected chi connectivity index (χ1v) is 6.30.